The second kappa shape index (κ2) is 6.33. The second-order valence-electron chi connectivity index (χ2n) is 3.78. The van der Waals surface area contributed by atoms with Crippen molar-refractivity contribution in [3.8, 4) is 5.75 Å². The molecule has 2 aromatic rings. The molecule has 18 heavy (non-hydrogen) atoms. The predicted octanol–water partition coefficient (Wildman–Crippen LogP) is 5.31. The average molecular weight is 302 g/mol. The van der Waals surface area contributed by atoms with Crippen LogP contribution in [0.4, 0.5) is 0 Å². The Morgan fingerprint density at radius 1 is 0.944 bits per heavy atom. The largest absolute Gasteiger partial charge is 0.487 e. The molecule has 4 heteroatoms. The molecule has 0 aliphatic heterocycles. The summed E-state index contributed by atoms with van der Waals surface area (Å²) in [6, 6.07) is 13.1. The van der Waals surface area contributed by atoms with Gasteiger partial charge >= 0.3 is 0 Å². The Morgan fingerprint density at radius 3 is 2.39 bits per heavy atom. The second-order valence-corrected chi connectivity index (χ2v) is 4.86. The molecule has 0 saturated heterocycles. The molecule has 0 fully saturated rings. The van der Waals surface area contributed by atoms with Gasteiger partial charge in [0.25, 0.3) is 0 Å². The highest BCUT2D eigenvalue weighted by molar-refractivity contribution is 6.32. The van der Waals surface area contributed by atoms with Crippen molar-refractivity contribution in [2.45, 2.75) is 12.5 Å². The number of alkyl halides is 1. The molecule has 0 heterocycles. The van der Waals surface area contributed by atoms with Gasteiger partial charge in [-0.25, -0.2) is 0 Å². The smallest absolute Gasteiger partial charge is 0.138 e. The zero-order valence-electron chi connectivity index (χ0n) is 9.50. The highest BCUT2D eigenvalue weighted by Gasteiger charge is 2.05. The molecule has 2 aromatic carbocycles. The number of ether oxygens (including phenoxy) is 1. The van der Waals surface area contributed by atoms with Crippen molar-refractivity contribution < 1.29 is 4.74 Å². The minimum Gasteiger partial charge on any atom is -0.487 e. The maximum absolute atomic E-state index is 6.10. The molecule has 0 atom stereocenters. The van der Waals surface area contributed by atoms with E-state index in [2.05, 4.69) is 0 Å². The molecule has 0 aromatic heterocycles. The average Bonchev–Trinajstić information content (AvgIpc) is 2.39. The van der Waals surface area contributed by atoms with Crippen LogP contribution in [0.1, 0.15) is 11.1 Å². The summed E-state index contributed by atoms with van der Waals surface area (Å²) in [5, 5.41) is 1.24. The van der Waals surface area contributed by atoms with E-state index >= 15 is 0 Å². The Kier molecular flexibility index (Phi) is 4.76. The summed E-state index contributed by atoms with van der Waals surface area (Å²) in [5.74, 6) is 1.07. The molecule has 0 aliphatic rings. The Hall–Kier alpha value is -0.890. The standard InChI is InChI=1S/C14H11Cl3O/c15-8-10-5-6-14(13(17)7-10)18-9-11-3-1-2-4-12(11)16/h1-7H,8-9H2. The summed E-state index contributed by atoms with van der Waals surface area (Å²) in [7, 11) is 0. The fraction of sp³-hybridized carbons (Fsp3) is 0.143. The van der Waals surface area contributed by atoms with Gasteiger partial charge in [-0.1, -0.05) is 47.5 Å². The van der Waals surface area contributed by atoms with Crippen molar-refractivity contribution in [1.82, 2.24) is 0 Å². The topological polar surface area (TPSA) is 9.23 Å². The fourth-order valence-corrected chi connectivity index (χ4v) is 2.13. The summed E-state index contributed by atoms with van der Waals surface area (Å²) in [6.45, 7) is 0.389. The van der Waals surface area contributed by atoms with E-state index in [4.69, 9.17) is 39.5 Å². The summed E-state index contributed by atoms with van der Waals surface area (Å²) < 4.78 is 5.64. The van der Waals surface area contributed by atoms with E-state index in [1.807, 2.05) is 36.4 Å². The van der Waals surface area contributed by atoms with Gasteiger partial charge in [0.2, 0.25) is 0 Å². The van der Waals surface area contributed by atoms with E-state index in [0.29, 0.717) is 28.3 Å². The van der Waals surface area contributed by atoms with Gasteiger partial charge in [0.15, 0.2) is 0 Å². The highest BCUT2D eigenvalue weighted by atomic mass is 35.5. The van der Waals surface area contributed by atoms with Gasteiger partial charge in [0, 0.05) is 16.5 Å². The lowest BCUT2D eigenvalue weighted by Gasteiger charge is -2.10. The van der Waals surface area contributed by atoms with Gasteiger partial charge in [0.1, 0.15) is 12.4 Å². The third kappa shape index (κ3) is 3.32. The maximum atomic E-state index is 6.10. The third-order valence-corrected chi connectivity index (χ3v) is 3.46. The first-order chi connectivity index (χ1) is 8.70. The van der Waals surface area contributed by atoms with Crippen LogP contribution >= 0.6 is 34.8 Å². The van der Waals surface area contributed by atoms with E-state index in [-0.39, 0.29) is 0 Å². The molecule has 0 amide bonds. The van der Waals surface area contributed by atoms with Crippen LogP contribution in [-0.2, 0) is 12.5 Å². The van der Waals surface area contributed by atoms with Crippen molar-refractivity contribution in [2.24, 2.45) is 0 Å². The molecule has 0 saturated carbocycles. The summed E-state index contributed by atoms with van der Waals surface area (Å²) in [5.41, 5.74) is 1.89. The Balaban J connectivity index is 2.09. The molecular weight excluding hydrogens is 291 g/mol. The monoisotopic (exact) mass is 300 g/mol. The molecule has 0 aliphatic carbocycles. The summed E-state index contributed by atoms with van der Waals surface area (Å²) >= 11 is 17.9. The zero-order valence-corrected chi connectivity index (χ0v) is 11.8. The molecule has 0 N–H and O–H groups in total. The quantitative estimate of drug-likeness (QED) is 0.695. The zero-order chi connectivity index (χ0) is 13.0. The van der Waals surface area contributed by atoms with Crippen molar-refractivity contribution in [3.63, 3.8) is 0 Å². The highest BCUT2D eigenvalue weighted by Crippen LogP contribution is 2.27. The molecule has 0 bridgehead atoms. The first kappa shape index (κ1) is 13.5. The van der Waals surface area contributed by atoms with Crippen molar-refractivity contribution >= 4 is 34.8 Å². The Morgan fingerprint density at radius 2 is 1.72 bits per heavy atom. The van der Waals surface area contributed by atoms with E-state index in [0.717, 1.165) is 11.1 Å². The molecule has 0 radical (unpaired) electrons. The van der Waals surface area contributed by atoms with Crippen LogP contribution in [0.3, 0.4) is 0 Å². The van der Waals surface area contributed by atoms with Crippen LogP contribution in [-0.4, -0.2) is 0 Å². The predicted molar refractivity (Wildman–Crippen MR) is 76.8 cm³/mol. The van der Waals surface area contributed by atoms with Crippen LogP contribution in [0.15, 0.2) is 42.5 Å². The first-order valence-electron chi connectivity index (χ1n) is 5.41. The van der Waals surface area contributed by atoms with Gasteiger partial charge in [-0.05, 0) is 23.8 Å². The fourth-order valence-electron chi connectivity index (χ4n) is 1.52. The van der Waals surface area contributed by atoms with Crippen molar-refractivity contribution in [2.75, 3.05) is 0 Å². The summed E-state index contributed by atoms with van der Waals surface area (Å²) in [6.07, 6.45) is 0. The van der Waals surface area contributed by atoms with Crippen LogP contribution < -0.4 is 4.74 Å². The normalized spacial score (nSPS) is 10.4. The number of hydrogen-bond donors (Lipinski definition) is 0. The minimum absolute atomic E-state index is 0.389. The van der Waals surface area contributed by atoms with Crippen LogP contribution in [0, 0.1) is 0 Å². The number of benzene rings is 2. The van der Waals surface area contributed by atoms with Crippen LogP contribution in [0.25, 0.3) is 0 Å². The van der Waals surface area contributed by atoms with Gasteiger partial charge < -0.3 is 4.74 Å². The summed E-state index contributed by atoms with van der Waals surface area (Å²) in [4.78, 5) is 0. The molecule has 1 nitrogen and oxygen atoms in total. The lowest BCUT2D eigenvalue weighted by molar-refractivity contribution is 0.306. The van der Waals surface area contributed by atoms with E-state index in [1.54, 1.807) is 6.07 Å². The number of halogens is 3. The molecule has 94 valence electrons. The van der Waals surface area contributed by atoms with Gasteiger partial charge in [-0.3, -0.25) is 0 Å². The SMILES string of the molecule is ClCc1ccc(OCc2ccccc2Cl)c(Cl)c1. The minimum atomic E-state index is 0.389. The Labute approximate surface area is 121 Å². The molecule has 2 rings (SSSR count). The molecule has 0 unspecified atom stereocenters. The Bertz CT molecular complexity index is 540. The first-order valence-corrected chi connectivity index (χ1v) is 6.70. The van der Waals surface area contributed by atoms with Crippen LogP contribution in [0.5, 0.6) is 5.75 Å². The van der Waals surface area contributed by atoms with Crippen LogP contribution in [0.2, 0.25) is 10.0 Å². The maximum Gasteiger partial charge on any atom is 0.138 e. The number of rotatable bonds is 4. The van der Waals surface area contributed by atoms with Crippen molar-refractivity contribution in [1.29, 1.82) is 0 Å². The van der Waals surface area contributed by atoms with E-state index in [1.165, 1.54) is 0 Å². The van der Waals surface area contributed by atoms with E-state index in [9.17, 15) is 0 Å². The van der Waals surface area contributed by atoms with E-state index < -0.39 is 0 Å². The molecule has 0 spiro atoms. The lowest BCUT2D eigenvalue weighted by atomic mass is 10.2. The molecular formula is C14H11Cl3O. The van der Waals surface area contributed by atoms with Gasteiger partial charge in [-0.2, -0.15) is 0 Å². The number of hydrogen-bond acceptors (Lipinski definition) is 1. The van der Waals surface area contributed by atoms with Gasteiger partial charge in [-0.15, -0.1) is 11.6 Å². The lowest BCUT2D eigenvalue weighted by Crippen LogP contribution is -1.97. The van der Waals surface area contributed by atoms with Gasteiger partial charge in [0.05, 0.1) is 5.02 Å². The third-order valence-electron chi connectivity index (χ3n) is 2.49. The van der Waals surface area contributed by atoms with Crippen molar-refractivity contribution in [3.05, 3.63) is 63.6 Å².